The van der Waals surface area contributed by atoms with Gasteiger partial charge in [-0.2, -0.15) is 0 Å². The van der Waals surface area contributed by atoms with E-state index < -0.39 is 0 Å². The van der Waals surface area contributed by atoms with Gasteiger partial charge in [0.25, 0.3) is 0 Å². The van der Waals surface area contributed by atoms with E-state index >= 15 is 0 Å². The predicted octanol–water partition coefficient (Wildman–Crippen LogP) is 4.88. The lowest BCUT2D eigenvalue weighted by Crippen LogP contribution is -2.31. The molecular formula is C21H22N2OS. The summed E-state index contributed by atoms with van der Waals surface area (Å²) in [5.41, 5.74) is 4.29. The van der Waals surface area contributed by atoms with E-state index in [1.807, 2.05) is 49.7 Å². The Morgan fingerprint density at radius 1 is 1.12 bits per heavy atom. The molecule has 0 aliphatic rings. The summed E-state index contributed by atoms with van der Waals surface area (Å²) < 4.78 is 0. The van der Waals surface area contributed by atoms with Crippen LogP contribution in [0.15, 0.2) is 60.0 Å². The molecule has 0 saturated heterocycles. The number of likely N-dealkylation sites (N-methyl/N-ethyl adjacent to an activating group) is 1. The van der Waals surface area contributed by atoms with Crippen LogP contribution < -0.4 is 0 Å². The number of aromatic nitrogens is 1. The average Bonchev–Trinajstić information content (AvgIpc) is 3.10. The highest BCUT2D eigenvalue weighted by atomic mass is 32.1. The number of hydrogen-bond donors (Lipinski definition) is 0. The molecule has 128 valence electrons. The van der Waals surface area contributed by atoms with Crippen LogP contribution in [0.5, 0.6) is 0 Å². The minimum atomic E-state index is 0.0453. The van der Waals surface area contributed by atoms with Gasteiger partial charge < -0.3 is 4.90 Å². The first-order chi connectivity index (χ1) is 12.0. The maximum atomic E-state index is 12.6. The smallest absolute Gasteiger partial charge is 0.228 e. The summed E-state index contributed by atoms with van der Waals surface area (Å²) in [7, 11) is 1.85. The molecule has 0 spiro atoms. The van der Waals surface area contributed by atoms with Crippen molar-refractivity contribution in [1.29, 1.82) is 0 Å². The molecular weight excluding hydrogens is 328 g/mol. The molecule has 3 aromatic rings. The highest BCUT2D eigenvalue weighted by molar-refractivity contribution is 7.13. The van der Waals surface area contributed by atoms with Gasteiger partial charge in [-0.3, -0.25) is 4.79 Å². The molecule has 1 amide bonds. The van der Waals surface area contributed by atoms with Gasteiger partial charge in [0.15, 0.2) is 0 Å². The fourth-order valence-corrected chi connectivity index (χ4v) is 3.49. The van der Waals surface area contributed by atoms with Gasteiger partial charge >= 0.3 is 0 Å². The van der Waals surface area contributed by atoms with Crippen molar-refractivity contribution >= 4 is 17.2 Å². The number of benzene rings is 2. The number of hydrogen-bond acceptors (Lipinski definition) is 3. The maximum absolute atomic E-state index is 12.6. The van der Waals surface area contributed by atoms with Crippen LogP contribution in [0.4, 0.5) is 0 Å². The number of amides is 1. The highest BCUT2D eigenvalue weighted by Gasteiger charge is 2.18. The van der Waals surface area contributed by atoms with E-state index in [-0.39, 0.29) is 11.9 Å². The van der Waals surface area contributed by atoms with Gasteiger partial charge in [0, 0.05) is 18.0 Å². The van der Waals surface area contributed by atoms with Crippen molar-refractivity contribution in [2.45, 2.75) is 26.3 Å². The van der Waals surface area contributed by atoms with Crippen LogP contribution in [0.2, 0.25) is 0 Å². The Balaban J connectivity index is 1.68. The fourth-order valence-electron chi connectivity index (χ4n) is 2.67. The second kappa shape index (κ2) is 7.62. The summed E-state index contributed by atoms with van der Waals surface area (Å²) >= 11 is 1.59. The molecule has 0 aliphatic heterocycles. The lowest BCUT2D eigenvalue weighted by atomic mass is 10.1. The van der Waals surface area contributed by atoms with Crippen LogP contribution in [0.1, 0.15) is 29.8 Å². The molecule has 3 rings (SSSR count). The van der Waals surface area contributed by atoms with Crippen molar-refractivity contribution in [2.75, 3.05) is 7.05 Å². The lowest BCUT2D eigenvalue weighted by Gasteiger charge is -2.25. The predicted molar refractivity (Wildman–Crippen MR) is 104 cm³/mol. The van der Waals surface area contributed by atoms with Crippen LogP contribution in [0.3, 0.4) is 0 Å². The molecule has 1 aromatic heterocycles. The Morgan fingerprint density at radius 2 is 1.80 bits per heavy atom. The van der Waals surface area contributed by atoms with Crippen molar-refractivity contribution < 1.29 is 4.79 Å². The van der Waals surface area contributed by atoms with Crippen molar-refractivity contribution in [3.63, 3.8) is 0 Å². The molecule has 0 aliphatic carbocycles. The fraction of sp³-hybridized carbons (Fsp3) is 0.238. The topological polar surface area (TPSA) is 33.2 Å². The van der Waals surface area contributed by atoms with Crippen LogP contribution in [0, 0.1) is 6.92 Å². The molecule has 0 unspecified atom stereocenters. The zero-order valence-corrected chi connectivity index (χ0v) is 15.6. The summed E-state index contributed by atoms with van der Waals surface area (Å²) in [5.74, 6) is 0.0807. The standard InChI is InChI=1S/C21H22N2OS/c1-15-9-11-18(12-10-15)21-22-19(14-25-21)13-20(24)23(3)16(2)17-7-5-4-6-8-17/h4-12,14,16H,13H2,1-3H3/t16-/m0/s1. The van der Waals surface area contributed by atoms with Gasteiger partial charge in [-0.1, -0.05) is 60.2 Å². The molecule has 25 heavy (non-hydrogen) atoms. The molecule has 0 radical (unpaired) electrons. The number of carbonyl (C=O) groups is 1. The Labute approximate surface area is 153 Å². The van der Waals surface area contributed by atoms with Crippen LogP contribution in [-0.2, 0) is 11.2 Å². The third-order valence-corrected chi connectivity index (χ3v) is 5.38. The monoisotopic (exact) mass is 350 g/mol. The molecule has 0 bridgehead atoms. The SMILES string of the molecule is Cc1ccc(-c2nc(CC(=O)N(C)[C@@H](C)c3ccccc3)cs2)cc1. The number of aryl methyl sites for hydroxylation is 1. The second-order valence-corrected chi connectivity index (χ2v) is 7.14. The highest BCUT2D eigenvalue weighted by Crippen LogP contribution is 2.25. The molecule has 1 heterocycles. The normalized spacial score (nSPS) is 12.0. The van der Waals surface area contributed by atoms with Crippen molar-refractivity contribution in [2.24, 2.45) is 0 Å². The number of rotatable bonds is 5. The Hall–Kier alpha value is -2.46. The lowest BCUT2D eigenvalue weighted by molar-refractivity contribution is -0.131. The molecule has 0 fully saturated rings. The van der Waals surface area contributed by atoms with Crippen molar-refractivity contribution in [1.82, 2.24) is 9.88 Å². The molecule has 1 atom stereocenters. The molecule has 0 N–H and O–H groups in total. The van der Waals surface area contributed by atoms with Crippen LogP contribution >= 0.6 is 11.3 Å². The zero-order valence-electron chi connectivity index (χ0n) is 14.8. The maximum Gasteiger partial charge on any atom is 0.228 e. The van der Waals surface area contributed by atoms with E-state index in [1.165, 1.54) is 5.56 Å². The quantitative estimate of drug-likeness (QED) is 0.657. The van der Waals surface area contributed by atoms with Crippen molar-refractivity contribution in [3.05, 3.63) is 76.8 Å². The van der Waals surface area contributed by atoms with Gasteiger partial charge in [-0.05, 0) is 19.4 Å². The number of thiazole rings is 1. The van der Waals surface area contributed by atoms with E-state index in [0.717, 1.165) is 21.8 Å². The molecule has 4 heteroatoms. The van der Waals surface area contributed by atoms with Gasteiger partial charge in [-0.25, -0.2) is 4.98 Å². The van der Waals surface area contributed by atoms with Gasteiger partial charge in [0.05, 0.1) is 18.2 Å². The Morgan fingerprint density at radius 3 is 2.48 bits per heavy atom. The van der Waals surface area contributed by atoms with Gasteiger partial charge in [0.2, 0.25) is 5.91 Å². The molecule has 2 aromatic carbocycles. The van der Waals surface area contributed by atoms with E-state index in [1.54, 1.807) is 16.2 Å². The summed E-state index contributed by atoms with van der Waals surface area (Å²) in [4.78, 5) is 19.0. The Kier molecular flexibility index (Phi) is 5.29. The Bertz CT molecular complexity index is 840. The third kappa shape index (κ3) is 4.15. The molecule has 0 saturated carbocycles. The summed E-state index contributed by atoms with van der Waals surface area (Å²) in [6.45, 7) is 4.12. The molecule has 3 nitrogen and oxygen atoms in total. The van der Waals surface area contributed by atoms with E-state index in [0.29, 0.717) is 6.42 Å². The number of nitrogens with zero attached hydrogens (tertiary/aromatic N) is 2. The number of carbonyl (C=O) groups excluding carboxylic acids is 1. The van der Waals surface area contributed by atoms with E-state index in [9.17, 15) is 4.79 Å². The van der Waals surface area contributed by atoms with Crippen LogP contribution in [-0.4, -0.2) is 22.8 Å². The van der Waals surface area contributed by atoms with Gasteiger partial charge in [-0.15, -0.1) is 11.3 Å². The minimum absolute atomic E-state index is 0.0453. The summed E-state index contributed by atoms with van der Waals surface area (Å²) in [5, 5.41) is 2.94. The third-order valence-electron chi connectivity index (χ3n) is 4.44. The van der Waals surface area contributed by atoms with Crippen molar-refractivity contribution in [3.8, 4) is 10.6 Å². The average molecular weight is 350 g/mol. The van der Waals surface area contributed by atoms with Crippen LogP contribution in [0.25, 0.3) is 10.6 Å². The second-order valence-electron chi connectivity index (χ2n) is 6.28. The first-order valence-electron chi connectivity index (χ1n) is 8.36. The minimum Gasteiger partial charge on any atom is -0.339 e. The summed E-state index contributed by atoms with van der Waals surface area (Å²) in [6, 6.07) is 18.4. The first kappa shape index (κ1) is 17.4. The van der Waals surface area contributed by atoms with Gasteiger partial charge in [0.1, 0.15) is 5.01 Å². The van der Waals surface area contributed by atoms with E-state index in [2.05, 4.69) is 36.2 Å². The zero-order chi connectivity index (χ0) is 17.8. The summed E-state index contributed by atoms with van der Waals surface area (Å²) in [6.07, 6.45) is 0.329. The largest absolute Gasteiger partial charge is 0.339 e. The first-order valence-corrected chi connectivity index (χ1v) is 9.24. The van der Waals surface area contributed by atoms with E-state index in [4.69, 9.17) is 0 Å².